The highest BCUT2D eigenvalue weighted by molar-refractivity contribution is 5.61. The Morgan fingerprint density at radius 2 is 1.95 bits per heavy atom. The van der Waals surface area contributed by atoms with Crippen molar-refractivity contribution in [3.63, 3.8) is 0 Å². The van der Waals surface area contributed by atoms with E-state index in [2.05, 4.69) is 5.10 Å². The average molecular weight is 295 g/mol. The van der Waals surface area contributed by atoms with Crippen LogP contribution in [0.2, 0.25) is 0 Å². The van der Waals surface area contributed by atoms with Gasteiger partial charge < -0.3 is 10.6 Å². The SMILES string of the molecule is Cc1nn(C(C)C)c(N(C)C2CCC(N)CC2)c1[N+](=O)[O-]. The van der Waals surface area contributed by atoms with E-state index in [1.54, 1.807) is 11.6 Å². The average Bonchev–Trinajstić information content (AvgIpc) is 2.76. The number of hydrogen-bond donors (Lipinski definition) is 1. The first-order valence-corrected chi connectivity index (χ1v) is 7.54. The van der Waals surface area contributed by atoms with Gasteiger partial charge in [0, 0.05) is 25.2 Å². The molecule has 1 aliphatic carbocycles. The third-order valence-electron chi connectivity index (χ3n) is 4.32. The number of hydrogen-bond acceptors (Lipinski definition) is 5. The smallest absolute Gasteiger partial charge is 0.333 e. The van der Waals surface area contributed by atoms with E-state index in [4.69, 9.17) is 5.73 Å². The summed E-state index contributed by atoms with van der Waals surface area (Å²) in [7, 11) is 1.93. The van der Waals surface area contributed by atoms with Gasteiger partial charge in [-0.2, -0.15) is 5.10 Å². The number of aromatic nitrogens is 2. The zero-order chi connectivity index (χ0) is 15.7. The van der Waals surface area contributed by atoms with E-state index in [-0.39, 0.29) is 28.7 Å². The van der Waals surface area contributed by atoms with Gasteiger partial charge in [0.2, 0.25) is 5.82 Å². The lowest BCUT2D eigenvalue weighted by Crippen LogP contribution is -2.40. The van der Waals surface area contributed by atoms with Crippen LogP contribution in [0.1, 0.15) is 51.3 Å². The molecule has 0 unspecified atom stereocenters. The maximum Gasteiger partial charge on any atom is 0.333 e. The quantitative estimate of drug-likeness (QED) is 0.680. The summed E-state index contributed by atoms with van der Waals surface area (Å²) in [5.41, 5.74) is 6.55. The molecule has 1 fully saturated rings. The Morgan fingerprint density at radius 1 is 1.38 bits per heavy atom. The van der Waals surface area contributed by atoms with E-state index in [1.165, 1.54) is 0 Å². The molecule has 7 nitrogen and oxygen atoms in total. The maximum absolute atomic E-state index is 11.4. The Balaban J connectivity index is 2.38. The van der Waals surface area contributed by atoms with Crippen LogP contribution in [-0.2, 0) is 0 Å². The highest BCUT2D eigenvalue weighted by Gasteiger charge is 2.33. The topological polar surface area (TPSA) is 90.2 Å². The minimum absolute atomic E-state index is 0.0840. The Morgan fingerprint density at radius 3 is 2.43 bits per heavy atom. The number of nitro groups is 1. The van der Waals surface area contributed by atoms with Crippen LogP contribution in [-0.4, -0.2) is 33.8 Å². The van der Waals surface area contributed by atoms with Gasteiger partial charge in [0.05, 0.1) is 4.92 Å². The molecule has 0 spiro atoms. The van der Waals surface area contributed by atoms with Crippen molar-refractivity contribution in [2.24, 2.45) is 5.73 Å². The first kappa shape index (κ1) is 15.8. The van der Waals surface area contributed by atoms with Crippen LogP contribution >= 0.6 is 0 Å². The van der Waals surface area contributed by atoms with Crippen LogP contribution in [0.4, 0.5) is 11.5 Å². The second kappa shape index (κ2) is 6.01. The molecule has 1 aromatic rings. The summed E-state index contributed by atoms with van der Waals surface area (Å²) < 4.78 is 1.77. The zero-order valence-corrected chi connectivity index (χ0v) is 13.2. The fourth-order valence-corrected chi connectivity index (χ4v) is 3.09. The van der Waals surface area contributed by atoms with E-state index in [9.17, 15) is 10.1 Å². The third-order valence-corrected chi connectivity index (χ3v) is 4.32. The predicted molar refractivity (Wildman–Crippen MR) is 82.6 cm³/mol. The minimum Gasteiger partial charge on any atom is -0.351 e. The number of nitrogens with two attached hydrogens (primary N) is 1. The molecule has 21 heavy (non-hydrogen) atoms. The molecule has 1 aromatic heterocycles. The second-order valence-corrected chi connectivity index (χ2v) is 6.23. The Hall–Kier alpha value is -1.63. The highest BCUT2D eigenvalue weighted by atomic mass is 16.6. The summed E-state index contributed by atoms with van der Waals surface area (Å²) in [6.45, 7) is 5.68. The van der Waals surface area contributed by atoms with Gasteiger partial charge >= 0.3 is 5.69 Å². The van der Waals surface area contributed by atoms with Crippen LogP contribution in [0, 0.1) is 17.0 Å². The molecule has 7 heteroatoms. The predicted octanol–water partition coefficient (Wildman–Crippen LogP) is 2.39. The molecule has 2 N–H and O–H groups in total. The lowest BCUT2D eigenvalue weighted by atomic mass is 9.91. The summed E-state index contributed by atoms with van der Waals surface area (Å²) in [6.07, 6.45) is 3.88. The van der Waals surface area contributed by atoms with E-state index < -0.39 is 0 Å². The highest BCUT2D eigenvalue weighted by Crippen LogP contribution is 2.36. The molecule has 1 saturated carbocycles. The zero-order valence-electron chi connectivity index (χ0n) is 13.2. The van der Waals surface area contributed by atoms with Crippen LogP contribution in [0.25, 0.3) is 0 Å². The summed E-state index contributed by atoms with van der Waals surface area (Å²) in [5, 5.41) is 15.8. The van der Waals surface area contributed by atoms with E-state index in [0.717, 1.165) is 25.7 Å². The normalized spacial score (nSPS) is 22.6. The maximum atomic E-state index is 11.4. The van der Waals surface area contributed by atoms with Crippen molar-refractivity contribution in [1.29, 1.82) is 0 Å². The van der Waals surface area contributed by atoms with Gasteiger partial charge in [0.25, 0.3) is 0 Å². The van der Waals surface area contributed by atoms with Crippen LogP contribution in [0.15, 0.2) is 0 Å². The van der Waals surface area contributed by atoms with Gasteiger partial charge in [-0.1, -0.05) is 0 Å². The summed E-state index contributed by atoms with van der Waals surface area (Å²) in [6, 6.07) is 0.638. The first-order valence-electron chi connectivity index (χ1n) is 7.54. The summed E-state index contributed by atoms with van der Waals surface area (Å²) in [4.78, 5) is 13.1. The summed E-state index contributed by atoms with van der Waals surface area (Å²) >= 11 is 0. The molecule has 1 aliphatic rings. The second-order valence-electron chi connectivity index (χ2n) is 6.23. The van der Waals surface area contributed by atoms with Crippen molar-refractivity contribution < 1.29 is 4.92 Å². The molecule has 118 valence electrons. The molecule has 0 aromatic carbocycles. The molecule has 0 bridgehead atoms. The molecule has 0 atom stereocenters. The van der Waals surface area contributed by atoms with Crippen LogP contribution in [0.5, 0.6) is 0 Å². The van der Waals surface area contributed by atoms with Crippen molar-refractivity contribution >= 4 is 11.5 Å². The van der Waals surface area contributed by atoms with Gasteiger partial charge in [-0.05, 0) is 46.5 Å². The lowest BCUT2D eigenvalue weighted by molar-refractivity contribution is -0.384. The van der Waals surface area contributed by atoms with Crippen LogP contribution in [0.3, 0.4) is 0 Å². The summed E-state index contributed by atoms with van der Waals surface area (Å²) in [5.74, 6) is 0.618. The van der Waals surface area contributed by atoms with E-state index in [1.807, 2.05) is 25.8 Å². The standard InChI is InChI=1S/C14H25N5O2/c1-9(2)18-14(13(19(20)21)10(3)16-18)17(4)12-7-5-11(15)6-8-12/h9,11-12H,5-8,15H2,1-4H3. The molecular formula is C14H25N5O2. The van der Waals surface area contributed by atoms with Crippen LogP contribution < -0.4 is 10.6 Å². The van der Waals surface area contributed by atoms with Crippen molar-refractivity contribution in [3.05, 3.63) is 15.8 Å². The van der Waals surface area contributed by atoms with Gasteiger partial charge in [-0.25, -0.2) is 4.68 Å². The lowest BCUT2D eigenvalue weighted by Gasteiger charge is -2.34. The molecule has 0 saturated heterocycles. The van der Waals surface area contributed by atoms with Crippen molar-refractivity contribution in [1.82, 2.24) is 9.78 Å². The van der Waals surface area contributed by atoms with Gasteiger partial charge in [0.15, 0.2) is 0 Å². The first-order chi connectivity index (χ1) is 9.82. The number of nitrogens with zero attached hydrogens (tertiary/aromatic N) is 4. The monoisotopic (exact) mass is 295 g/mol. The fourth-order valence-electron chi connectivity index (χ4n) is 3.09. The third kappa shape index (κ3) is 3.02. The molecular weight excluding hydrogens is 270 g/mol. The minimum atomic E-state index is -0.318. The van der Waals surface area contributed by atoms with Crippen molar-refractivity contribution in [3.8, 4) is 0 Å². The number of aryl methyl sites for hydroxylation is 1. The molecule has 0 amide bonds. The Kier molecular flexibility index (Phi) is 4.51. The Bertz CT molecular complexity index is 518. The molecule has 0 radical (unpaired) electrons. The number of anilines is 1. The fraction of sp³-hybridized carbons (Fsp3) is 0.786. The molecule has 2 rings (SSSR count). The van der Waals surface area contributed by atoms with E-state index in [0.29, 0.717) is 11.5 Å². The van der Waals surface area contributed by atoms with Crippen molar-refractivity contribution in [2.45, 2.75) is 64.6 Å². The Labute approximate surface area is 125 Å². The van der Waals surface area contributed by atoms with Gasteiger partial charge in [-0.15, -0.1) is 0 Å². The van der Waals surface area contributed by atoms with E-state index >= 15 is 0 Å². The van der Waals surface area contributed by atoms with Crippen molar-refractivity contribution in [2.75, 3.05) is 11.9 Å². The van der Waals surface area contributed by atoms with Gasteiger partial charge in [0.1, 0.15) is 5.69 Å². The largest absolute Gasteiger partial charge is 0.351 e. The van der Waals surface area contributed by atoms with Gasteiger partial charge in [-0.3, -0.25) is 10.1 Å². The number of rotatable bonds is 4. The molecule has 0 aliphatic heterocycles. The molecule has 1 heterocycles.